The molecule has 0 spiro atoms. The lowest BCUT2D eigenvalue weighted by Crippen LogP contribution is -2.36. The topological polar surface area (TPSA) is 52.0 Å². The number of hydrogen-bond acceptors (Lipinski definition) is 2. The molecule has 0 fully saturated rings. The van der Waals surface area contributed by atoms with Gasteiger partial charge in [-0.3, -0.25) is 0 Å². The highest BCUT2D eigenvalue weighted by Gasteiger charge is 2.27. The summed E-state index contributed by atoms with van der Waals surface area (Å²) in [5.74, 6) is 2.66. The normalized spacial score (nSPS) is 23.6. The largest absolute Gasteiger partial charge is 0.399 e. The van der Waals surface area contributed by atoms with Gasteiger partial charge in [-0.25, -0.2) is 0 Å². The van der Waals surface area contributed by atoms with Gasteiger partial charge in [0, 0.05) is 11.3 Å². The molecule has 0 amide bonds. The Kier molecular flexibility index (Phi) is 2.55. The van der Waals surface area contributed by atoms with Gasteiger partial charge >= 0.3 is 0 Å². The molecule has 4 N–H and O–H groups in total. The summed E-state index contributed by atoms with van der Waals surface area (Å²) in [6.45, 7) is 0. The second-order valence-corrected chi connectivity index (χ2v) is 3.97. The van der Waals surface area contributed by atoms with Gasteiger partial charge in [0.05, 0.1) is 5.54 Å². The van der Waals surface area contributed by atoms with Crippen LogP contribution in [0.1, 0.15) is 17.5 Å². The predicted molar refractivity (Wildman–Crippen MR) is 66.3 cm³/mol. The molecule has 0 heterocycles. The number of nitrogens with two attached hydrogens (primary N) is 2. The van der Waals surface area contributed by atoms with E-state index in [4.69, 9.17) is 17.9 Å². The van der Waals surface area contributed by atoms with Gasteiger partial charge in [-0.15, -0.1) is 6.42 Å². The van der Waals surface area contributed by atoms with Gasteiger partial charge in [-0.05, 0) is 24.1 Å². The Morgan fingerprint density at radius 1 is 1.31 bits per heavy atom. The van der Waals surface area contributed by atoms with E-state index >= 15 is 0 Å². The number of terminal acetylenes is 1. The van der Waals surface area contributed by atoms with E-state index in [9.17, 15) is 0 Å². The van der Waals surface area contributed by atoms with Crippen molar-refractivity contribution in [2.45, 2.75) is 12.0 Å². The molecule has 0 saturated heterocycles. The van der Waals surface area contributed by atoms with Crippen molar-refractivity contribution >= 4 is 0 Å². The van der Waals surface area contributed by atoms with Gasteiger partial charge in [0.2, 0.25) is 0 Å². The summed E-state index contributed by atoms with van der Waals surface area (Å²) in [7, 11) is 0. The average Bonchev–Trinajstić information content (AvgIpc) is 2.33. The Labute approximate surface area is 95.6 Å². The van der Waals surface area contributed by atoms with Crippen molar-refractivity contribution in [1.82, 2.24) is 0 Å². The Morgan fingerprint density at radius 3 is 2.69 bits per heavy atom. The zero-order chi connectivity index (χ0) is 11.6. The third-order valence-corrected chi connectivity index (χ3v) is 2.83. The van der Waals surface area contributed by atoms with E-state index in [0.29, 0.717) is 6.42 Å². The number of allylic oxidation sites excluding steroid dienone is 1. The maximum Gasteiger partial charge on any atom is 0.0647 e. The number of benzene rings is 1. The maximum atomic E-state index is 6.34. The molecule has 2 heteroatoms. The van der Waals surface area contributed by atoms with E-state index in [2.05, 4.69) is 5.92 Å². The molecule has 0 radical (unpaired) electrons. The van der Waals surface area contributed by atoms with Gasteiger partial charge in [-0.1, -0.05) is 36.3 Å². The Bertz CT molecular complexity index is 506. The minimum atomic E-state index is -0.536. The lowest BCUT2D eigenvalue weighted by atomic mass is 9.82. The van der Waals surface area contributed by atoms with E-state index < -0.39 is 5.54 Å². The van der Waals surface area contributed by atoms with E-state index in [-0.39, 0.29) is 0 Å². The van der Waals surface area contributed by atoms with E-state index in [1.54, 1.807) is 0 Å². The minimum Gasteiger partial charge on any atom is -0.399 e. The summed E-state index contributed by atoms with van der Waals surface area (Å²) in [4.78, 5) is 0. The van der Waals surface area contributed by atoms with Crippen LogP contribution in [0.3, 0.4) is 0 Å². The summed E-state index contributed by atoms with van der Waals surface area (Å²) in [5, 5.41) is 0. The summed E-state index contributed by atoms with van der Waals surface area (Å²) >= 11 is 0. The summed E-state index contributed by atoms with van der Waals surface area (Å²) < 4.78 is 0. The zero-order valence-corrected chi connectivity index (χ0v) is 8.98. The number of hydrogen-bond donors (Lipinski definition) is 2. The molecule has 16 heavy (non-hydrogen) atoms. The lowest BCUT2D eigenvalue weighted by molar-refractivity contribution is 0.561. The standard InChI is InChI=1S/C14H14N2/c1-2-11-5-3-4-6-13(11)14(16)9-7-12(15)8-10-14/h1,3-9H,10,15-16H2. The summed E-state index contributed by atoms with van der Waals surface area (Å²) in [5.41, 5.74) is 14.0. The van der Waals surface area contributed by atoms with Crippen molar-refractivity contribution in [3.05, 3.63) is 59.3 Å². The third-order valence-electron chi connectivity index (χ3n) is 2.83. The molecule has 0 aromatic heterocycles. The zero-order valence-electron chi connectivity index (χ0n) is 8.98. The van der Waals surface area contributed by atoms with Crippen molar-refractivity contribution < 1.29 is 0 Å². The third kappa shape index (κ3) is 1.73. The van der Waals surface area contributed by atoms with E-state index in [1.165, 1.54) is 0 Å². The monoisotopic (exact) mass is 210 g/mol. The first-order valence-electron chi connectivity index (χ1n) is 5.15. The van der Waals surface area contributed by atoms with Gasteiger partial charge < -0.3 is 11.5 Å². The Balaban J connectivity index is 2.46. The van der Waals surface area contributed by atoms with Crippen LogP contribution in [0.4, 0.5) is 0 Å². The molecule has 2 nitrogen and oxygen atoms in total. The fourth-order valence-electron chi connectivity index (χ4n) is 1.88. The van der Waals surface area contributed by atoms with Crippen molar-refractivity contribution in [2.24, 2.45) is 11.5 Å². The van der Waals surface area contributed by atoms with Crippen molar-refractivity contribution in [1.29, 1.82) is 0 Å². The molecule has 2 rings (SSSR count). The van der Waals surface area contributed by atoms with Gasteiger partial charge in [0.1, 0.15) is 0 Å². The summed E-state index contributed by atoms with van der Waals surface area (Å²) in [6, 6.07) is 7.73. The second-order valence-electron chi connectivity index (χ2n) is 3.97. The fourth-order valence-corrected chi connectivity index (χ4v) is 1.88. The highest BCUT2D eigenvalue weighted by atomic mass is 14.7. The number of rotatable bonds is 1. The average molecular weight is 210 g/mol. The van der Waals surface area contributed by atoms with Crippen LogP contribution >= 0.6 is 0 Å². The molecule has 0 aliphatic heterocycles. The van der Waals surface area contributed by atoms with E-state index in [1.807, 2.05) is 42.5 Å². The van der Waals surface area contributed by atoms with Crippen LogP contribution in [-0.2, 0) is 5.54 Å². The Hall–Kier alpha value is -1.98. The van der Waals surface area contributed by atoms with Crippen LogP contribution in [0.2, 0.25) is 0 Å². The Morgan fingerprint density at radius 2 is 2.06 bits per heavy atom. The van der Waals surface area contributed by atoms with Crippen molar-refractivity contribution in [3.8, 4) is 12.3 Å². The molecule has 1 aromatic carbocycles. The fraction of sp³-hybridized carbons (Fsp3) is 0.143. The first kappa shape index (κ1) is 10.5. The lowest BCUT2D eigenvalue weighted by Gasteiger charge is -2.29. The predicted octanol–water partition coefficient (Wildman–Crippen LogP) is 1.62. The maximum absolute atomic E-state index is 6.34. The van der Waals surface area contributed by atoms with Crippen LogP contribution < -0.4 is 11.5 Å². The molecule has 0 bridgehead atoms. The van der Waals surface area contributed by atoms with E-state index in [0.717, 1.165) is 16.8 Å². The first-order chi connectivity index (χ1) is 7.65. The smallest absolute Gasteiger partial charge is 0.0647 e. The first-order valence-corrected chi connectivity index (χ1v) is 5.15. The van der Waals surface area contributed by atoms with Gasteiger partial charge in [0.15, 0.2) is 0 Å². The van der Waals surface area contributed by atoms with Crippen molar-refractivity contribution in [2.75, 3.05) is 0 Å². The molecular weight excluding hydrogens is 196 g/mol. The molecular formula is C14H14N2. The summed E-state index contributed by atoms with van der Waals surface area (Å²) in [6.07, 6.45) is 11.8. The molecule has 0 saturated carbocycles. The molecule has 1 aliphatic rings. The van der Waals surface area contributed by atoms with Crippen LogP contribution in [0.25, 0.3) is 0 Å². The van der Waals surface area contributed by atoms with Crippen LogP contribution in [0.15, 0.2) is 48.2 Å². The molecule has 1 atom stereocenters. The SMILES string of the molecule is C#Cc1ccccc1C1(N)C=CC(N)=CC1. The minimum absolute atomic E-state index is 0.536. The van der Waals surface area contributed by atoms with Crippen molar-refractivity contribution in [3.63, 3.8) is 0 Å². The van der Waals surface area contributed by atoms with Gasteiger partial charge in [-0.2, -0.15) is 0 Å². The van der Waals surface area contributed by atoms with Gasteiger partial charge in [0.25, 0.3) is 0 Å². The van der Waals surface area contributed by atoms with Crippen LogP contribution in [0.5, 0.6) is 0 Å². The molecule has 1 aliphatic carbocycles. The van der Waals surface area contributed by atoms with Crippen LogP contribution in [0, 0.1) is 12.3 Å². The van der Waals surface area contributed by atoms with Crippen LogP contribution in [-0.4, -0.2) is 0 Å². The molecule has 1 unspecified atom stereocenters. The quantitative estimate of drug-likeness (QED) is 0.692. The molecule has 1 aromatic rings. The highest BCUT2D eigenvalue weighted by Crippen LogP contribution is 2.30. The highest BCUT2D eigenvalue weighted by molar-refractivity contribution is 5.47. The molecule has 80 valence electrons. The second kappa shape index (κ2) is 3.88.